The van der Waals surface area contributed by atoms with E-state index in [0.29, 0.717) is 0 Å². The third-order valence-electron chi connectivity index (χ3n) is 5.34. The normalized spacial score (nSPS) is 17.0. The van der Waals surface area contributed by atoms with Gasteiger partial charge in [-0.25, -0.2) is 4.79 Å². The molecule has 1 N–H and O–H groups in total. The lowest BCUT2D eigenvalue weighted by Crippen LogP contribution is -2.58. The molecule has 2 amide bonds. The highest BCUT2D eigenvalue weighted by Crippen LogP contribution is 2.36. The minimum atomic E-state index is -0.289. The Kier molecular flexibility index (Phi) is 5.13. The maximum atomic E-state index is 12.8. The number of nitrogens with one attached hydrogen (secondary N) is 1. The first-order valence-corrected chi connectivity index (χ1v) is 8.79. The minimum absolute atomic E-state index is 0.0848. The van der Waals surface area contributed by atoms with E-state index in [1.165, 1.54) is 6.42 Å². The molecule has 1 atom stereocenters. The van der Waals surface area contributed by atoms with E-state index in [0.717, 1.165) is 30.7 Å². The quantitative estimate of drug-likeness (QED) is 0.875. The molecular weight excluding hydrogens is 314 g/mol. The van der Waals surface area contributed by atoms with Gasteiger partial charge in [-0.05, 0) is 51.1 Å². The maximum Gasteiger partial charge on any atom is 0.318 e. The van der Waals surface area contributed by atoms with Crippen LogP contribution in [0.15, 0.2) is 53.1 Å². The van der Waals surface area contributed by atoms with Gasteiger partial charge in [-0.2, -0.15) is 0 Å². The van der Waals surface area contributed by atoms with Crippen LogP contribution in [0.25, 0.3) is 0 Å². The number of urea groups is 1. The van der Waals surface area contributed by atoms with Crippen LogP contribution in [0.4, 0.5) is 4.79 Å². The van der Waals surface area contributed by atoms with E-state index in [1.807, 2.05) is 49.5 Å². The number of benzene rings is 1. The fourth-order valence-electron chi connectivity index (χ4n) is 3.50. The van der Waals surface area contributed by atoms with Crippen LogP contribution in [0.3, 0.4) is 0 Å². The van der Waals surface area contributed by atoms with Crippen LogP contribution in [0, 0.1) is 0 Å². The number of furan rings is 1. The van der Waals surface area contributed by atoms with Crippen molar-refractivity contribution in [1.82, 2.24) is 15.1 Å². The first kappa shape index (κ1) is 17.5. The van der Waals surface area contributed by atoms with Crippen molar-refractivity contribution in [2.45, 2.75) is 30.8 Å². The van der Waals surface area contributed by atoms with E-state index < -0.39 is 0 Å². The van der Waals surface area contributed by atoms with E-state index in [9.17, 15) is 4.79 Å². The summed E-state index contributed by atoms with van der Waals surface area (Å²) in [6, 6.07) is 13.3. The molecule has 1 aliphatic carbocycles. The monoisotopic (exact) mass is 341 g/mol. The first-order valence-electron chi connectivity index (χ1n) is 8.79. The molecule has 1 fully saturated rings. The second-order valence-corrected chi connectivity index (χ2v) is 7.14. The number of carbonyl (C=O) groups is 1. The summed E-state index contributed by atoms with van der Waals surface area (Å²) in [4.78, 5) is 16.9. The summed E-state index contributed by atoms with van der Waals surface area (Å²) in [7, 11) is 6.06. The summed E-state index contributed by atoms with van der Waals surface area (Å²) < 4.78 is 5.56. The molecule has 134 valence electrons. The molecular formula is C20H27N3O2. The highest BCUT2D eigenvalue weighted by Gasteiger charge is 2.40. The largest absolute Gasteiger partial charge is 0.467 e. The van der Waals surface area contributed by atoms with Crippen molar-refractivity contribution in [2.24, 2.45) is 0 Å². The minimum Gasteiger partial charge on any atom is -0.467 e. The Balaban J connectivity index is 1.72. The molecule has 1 aromatic carbocycles. The van der Waals surface area contributed by atoms with E-state index in [4.69, 9.17) is 4.42 Å². The second kappa shape index (κ2) is 7.31. The lowest BCUT2D eigenvalue weighted by molar-refractivity contribution is 0.0361. The predicted octanol–water partition coefficient (Wildman–Crippen LogP) is 3.49. The summed E-state index contributed by atoms with van der Waals surface area (Å²) in [5.74, 6) is 0.735. The van der Waals surface area contributed by atoms with Gasteiger partial charge < -0.3 is 19.5 Å². The number of hydrogen-bond acceptors (Lipinski definition) is 3. The van der Waals surface area contributed by atoms with Gasteiger partial charge in [-0.3, -0.25) is 0 Å². The second-order valence-electron chi connectivity index (χ2n) is 7.14. The summed E-state index contributed by atoms with van der Waals surface area (Å²) in [6.07, 6.45) is 5.14. The molecule has 1 aromatic heterocycles. The van der Waals surface area contributed by atoms with Crippen LogP contribution < -0.4 is 5.32 Å². The number of carbonyl (C=O) groups excluding carboxylic acids is 1. The zero-order valence-electron chi connectivity index (χ0n) is 15.2. The van der Waals surface area contributed by atoms with Gasteiger partial charge in [0.25, 0.3) is 0 Å². The molecule has 5 nitrogen and oxygen atoms in total. The van der Waals surface area contributed by atoms with Gasteiger partial charge in [0, 0.05) is 19.1 Å². The molecule has 3 rings (SSSR count). The summed E-state index contributed by atoms with van der Waals surface area (Å²) in [6.45, 7) is 0.728. The SMILES string of the molecule is CN(CC1(N(C)C)CCC1)C(=O)NC(c1ccccc1)c1ccco1. The molecule has 0 spiro atoms. The Labute approximate surface area is 149 Å². The smallest absolute Gasteiger partial charge is 0.318 e. The van der Waals surface area contributed by atoms with Crippen LogP contribution in [0.5, 0.6) is 0 Å². The van der Waals surface area contributed by atoms with Gasteiger partial charge in [0.05, 0.1) is 6.26 Å². The van der Waals surface area contributed by atoms with Crippen molar-refractivity contribution in [2.75, 3.05) is 27.7 Å². The molecule has 0 saturated heterocycles. The number of amides is 2. The number of rotatable bonds is 6. The third-order valence-corrected chi connectivity index (χ3v) is 5.34. The Morgan fingerprint density at radius 3 is 2.40 bits per heavy atom. The van der Waals surface area contributed by atoms with Crippen molar-refractivity contribution in [3.63, 3.8) is 0 Å². The molecule has 0 radical (unpaired) electrons. The molecule has 1 aliphatic rings. The number of likely N-dealkylation sites (N-methyl/N-ethyl adjacent to an activating group) is 2. The number of nitrogens with zero attached hydrogens (tertiary/aromatic N) is 2. The zero-order chi connectivity index (χ0) is 17.9. The van der Waals surface area contributed by atoms with E-state index >= 15 is 0 Å². The fourth-order valence-corrected chi connectivity index (χ4v) is 3.50. The Morgan fingerprint density at radius 1 is 1.16 bits per heavy atom. The van der Waals surface area contributed by atoms with Crippen LogP contribution in [-0.2, 0) is 0 Å². The van der Waals surface area contributed by atoms with Crippen LogP contribution in [0.2, 0.25) is 0 Å². The zero-order valence-corrected chi connectivity index (χ0v) is 15.2. The van der Waals surface area contributed by atoms with Crippen molar-refractivity contribution in [3.05, 3.63) is 60.1 Å². The lowest BCUT2D eigenvalue weighted by Gasteiger charge is -2.49. The summed E-state index contributed by atoms with van der Waals surface area (Å²) >= 11 is 0. The molecule has 1 saturated carbocycles. The van der Waals surface area contributed by atoms with E-state index in [-0.39, 0.29) is 17.6 Å². The predicted molar refractivity (Wildman–Crippen MR) is 98.4 cm³/mol. The fraction of sp³-hybridized carbons (Fsp3) is 0.450. The topological polar surface area (TPSA) is 48.7 Å². The van der Waals surface area contributed by atoms with Crippen LogP contribution >= 0.6 is 0 Å². The van der Waals surface area contributed by atoms with Gasteiger partial charge >= 0.3 is 6.03 Å². The van der Waals surface area contributed by atoms with Crippen LogP contribution in [-0.4, -0.2) is 49.1 Å². The third kappa shape index (κ3) is 3.71. The number of hydrogen-bond donors (Lipinski definition) is 1. The molecule has 2 aromatic rings. The van der Waals surface area contributed by atoms with Crippen LogP contribution in [0.1, 0.15) is 36.6 Å². The van der Waals surface area contributed by atoms with Crippen molar-refractivity contribution in [1.29, 1.82) is 0 Å². The maximum absolute atomic E-state index is 12.8. The van der Waals surface area contributed by atoms with E-state index in [1.54, 1.807) is 11.2 Å². The molecule has 0 aliphatic heterocycles. The molecule has 5 heteroatoms. The van der Waals surface area contributed by atoms with Gasteiger partial charge in [0.1, 0.15) is 11.8 Å². The highest BCUT2D eigenvalue weighted by atomic mass is 16.3. The molecule has 1 heterocycles. The Bertz CT molecular complexity index is 678. The average molecular weight is 341 g/mol. The first-order chi connectivity index (χ1) is 12.0. The van der Waals surface area contributed by atoms with Crippen molar-refractivity contribution in [3.8, 4) is 0 Å². The molecule has 25 heavy (non-hydrogen) atoms. The lowest BCUT2D eigenvalue weighted by atomic mass is 9.75. The highest BCUT2D eigenvalue weighted by molar-refractivity contribution is 5.75. The van der Waals surface area contributed by atoms with Gasteiger partial charge in [0.15, 0.2) is 0 Å². The van der Waals surface area contributed by atoms with Gasteiger partial charge in [-0.15, -0.1) is 0 Å². The summed E-state index contributed by atoms with van der Waals surface area (Å²) in [5.41, 5.74) is 1.11. The van der Waals surface area contributed by atoms with E-state index in [2.05, 4.69) is 24.3 Å². The van der Waals surface area contributed by atoms with Crippen molar-refractivity contribution < 1.29 is 9.21 Å². The van der Waals surface area contributed by atoms with Gasteiger partial charge in [-0.1, -0.05) is 30.3 Å². The average Bonchev–Trinajstić information content (AvgIpc) is 3.10. The Hall–Kier alpha value is -2.27. The molecule has 0 bridgehead atoms. The Morgan fingerprint density at radius 2 is 1.88 bits per heavy atom. The van der Waals surface area contributed by atoms with Gasteiger partial charge in [0.2, 0.25) is 0 Å². The van der Waals surface area contributed by atoms with Crippen molar-refractivity contribution >= 4 is 6.03 Å². The standard InChI is InChI=1S/C20H27N3O2/c1-22(2)20(12-8-13-20)15-23(3)19(24)21-18(17-11-7-14-25-17)16-9-5-4-6-10-16/h4-7,9-11,14,18H,8,12-13,15H2,1-3H3,(H,21,24). The summed E-state index contributed by atoms with van der Waals surface area (Å²) in [5, 5.41) is 3.12. The molecule has 1 unspecified atom stereocenters.